The van der Waals surface area contributed by atoms with Gasteiger partial charge in [0.15, 0.2) is 0 Å². The molecule has 4 nitrogen and oxygen atoms in total. The van der Waals surface area contributed by atoms with E-state index in [4.69, 9.17) is 9.47 Å². The quantitative estimate of drug-likeness (QED) is 0.674. The second-order valence-corrected chi connectivity index (χ2v) is 8.43. The predicted octanol–water partition coefficient (Wildman–Crippen LogP) is 4.64. The van der Waals surface area contributed by atoms with Crippen LogP contribution in [0.2, 0.25) is 0 Å². The van der Waals surface area contributed by atoms with Crippen molar-refractivity contribution in [3.05, 3.63) is 64.1 Å². The molecule has 3 rings (SSSR count). The average molecular weight is 446 g/mol. The van der Waals surface area contributed by atoms with Crippen molar-refractivity contribution in [2.24, 2.45) is 0 Å². The Balaban J connectivity index is 1.62. The molecule has 28 heavy (non-hydrogen) atoms. The van der Waals surface area contributed by atoms with E-state index in [-0.39, 0.29) is 12.0 Å². The molecule has 1 heterocycles. The average Bonchev–Trinajstić information content (AvgIpc) is 2.70. The summed E-state index contributed by atoms with van der Waals surface area (Å²) < 4.78 is 12.2. The molecular weight excluding hydrogens is 418 g/mol. The van der Waals surface area contributed by atoms with Gasteiger partial charge in [-0.05, 0) is 68.5 Å². The van der Waals surface area contributed by atoms with Crippen LogP contribution in [0.5, 0.6) is 5.75 Å². The summed E-state index contributed by atoms with van der Waals surface area (Å²) in [7, 11) is 0. The van der Waals surface area contributed by atoms with Gasteiger partial charge in [0.05, 0.1) is 11.5 Å². The number of hydrogen-bond acceptors (Lipinski definition) is 3. The van der Waals surface area contributed by atoms with Gasteiger partial charge < -0.3 is 14.8 Å². The first-order chi connectivity index (χ1) is 13.5. The third-order valence-corrected chi connectivity index (χ3v) is 5.70. The maximum Gasteiger partial charge on any atom is 0.230 e. The molecule has 0 aliphatic carbocycles. The fourth-order valence-corrected chi connectivity index (χ4v) is 3.90. The summed E-state index contributed by atoms with van der Waals surface area (Å²) in [4.78, 5) is 13.2. The minimum Gasteiger partial charge on any atom is -0.491 e. The van der Waals surface area contributed by atoms with Crippen molar-refractivity contribution in [3.63, 3.8) is 0 Å². The molecule has 0 aromatic heterocycles. The number of halogens is 1. The second kappa shape index (κ2) is 9.57. The number of hydrogen-bond donors (Lipinski definition) is 1. The molecule has 2 aromatic carbocycles. The minimum atomic E-state index is -0.506. The van der Waals surface area contributed by atoms with Crippen molar-refractivity contribution in [2.75, 3.05) is 19.8 Å². The van der Waals surface area contributed by atoms with Crippen LogP contribution in [0.3, 0.4) is 0 Å². The highest BCUT2D eigenvalue weighted by Crippen LogP contribution is 2.35. The first kappa shape index (κ1) is 20.9. The topological polar surface area (TPSA) is 47.6 Å². The molecule has 1 aliphatic heterocycles. The summed E-state index contributed by atoms with van der Waals surface area (Å²) in [5, 5.41) is 3.16. The van der Waals surface area contributed by atoms with Gasteiger partial charge in [-0.25, -0.2) is 0 Å². The Hall–Kier alpha value is -1.85. The molecule has 150 valence electrons. The van der Waals surface area contributed by atoms with E-state index in [1.807, 2.05) is 50.2 Å². The molecule has 0 unspecified atom stereocenters. The Morgan fingerprint density at radius 3 is 2.36 bits per heavy atom. The van der Waals surface area contributed by atoms with Crippen LogP contribution in [-0.4, -0.2) is 31.8 Å². The van der Waals surface area contributed by atoms with Gasteiger partial charge in [-0.2, -0.15) is 0 Å². The van der Waals surface area contributed by atoms with Gasteiger partial charge in [0, 0.05) is 24.2 Å². The summed E-state index contributed by atoms with van der Waals surface area (Å²) in [5.74, 6) is 0.970. The number of rotatable bonds is 7. The number of ether oxygens (including phenoxy) is 2. The van der Waals surface area contributed by atoms with Crippen molar-refractivity contribution in [1.29, 1.82) is 0 Å². The van der Waals surface area contributed by atoms with Gasteiger partial charge in [-0.1, -0.05) is 40.2 Å². The highest BCUT2D eigenvalue weighted by Gasteiger charge is 2.41. The summed E-state index contributed by atoms with van der Waals surface area (Å²) in [5.41, 5.74) is 1.74. The third-order valence-electron chi connectivity index (χ3n) is 5.17. The largest absolute Gasteiger partial charge is 0.491 e. The normalized spacial score (nSPS) is 16.0. The second-order valence-electron chi connectivity index (χ2n) is 7.52. The summed E-state index contributed by atoms with van der Waals surface area (Å²) in [6.07, 6.45) is 2.38. The highest BCUT2D eigenvalue weighted by atomic mass is 79.9. The van der Waals surface area contributed by atoms with Gasteiger partial charge in [-0.15, -0.1) is 0 Å². The Morgan fingerprint density at radius 1 is 1.11 bits per heavy atom. The van der Waals surface area contributed by atoms with E-state index in [1.54, 1.807) is 0 Å². The van der Waals surface area contributed by atoms with Crippen LogP contribution < -0.4 is 10.1 Å². The molecule has 1 aliphatic rings. The number of carbonyl (C=O) groups excluding carboxylic acids is 1. The molecule has 0 bridgehead atoms. The highest BCUT2D eigenvalue weighted by molar-refractivity contribution is 9.10. The molecule has 1 N–H and O–H groups in total. The van der Waals surface area contributed by atoms with Gasteiger partial charge >= 0.3 is 0 Å². The number of nitrogens with one attached hydrogen (secondary N) is 1. The van der Waals surface area contributed by atoms with E-state index in [0.717, 1.165) is 22.2 Å². The zero-order chi connectivity index (χ0) is 20.0. The first-order valence-electron chi connectivity index (χ1n) is 9.87. The molecule has 0 atom stereocenters. The molecular formula is C23H28BrNO3. The lowest BCUT2D eigenvalue weighted by molar-refractivity contribution is -0.130. The summed E-state index contributed by atoms with van der Waals surface area (Å²) in [6, 6.07) is 16.2. The SMILES string of the molecule is CC(C)Oc1ccc(CCNC(=O)C2(c3ccc(Br)cc3)CCOCC2)cc1. The van der Waals surface area contributed by atoms with Crippen LogP contribution in [0, 0.1) is 0 Å². The molecule has 0 spiro atoms. The van der Waals surface area contributed by atoms with Crippen molar-refractivity contribution >= 4 is 21.8 Å². The first-order valence-corrected chi connectivity index (χ1v) is 10.7. The van der Waals surface area contributed by atoms with Crippen LogP contribution in [0.1, 0.15) is 37.8 Å². The molecule has 0 radical (unpaired) electrons. The standard InChI is InChI=1S/C23H28BrNO3/c1-17(2)28-21-9-3-18(4-10-21)11-14-25-22(26)23(12-15-27-16-13-23)19-5-7-20(24)8-6-19/h3-10,17H,11-16H2,1-2H3,(H,25,26). The van der Waals surface area contributed by atoms with E-state index in [2.05, 4.69) is 33.4 Å². The van der Waals surface area contributed by atoms with Crippen LogP contribution in [0.15, 0.2) is 53.0 Å². The summed E-state index contributed by atoms with van der Waals surface area (Å²) >= 11 is 3.48. The van der Waals surface area contributed by atoms with E-state index in [9.17, 15) is 4.79 Å². The van der Waals surface area contributed by atoms with Crippen molar-refractivity contribution in [2.45, 2.75) is 44.6 Å². The van der Waals surface area contributed by atoms with Gasteiger partial charge in [0.1, 0.15) is 5.75 Å². The summed E-state index contributed by atoms with van der Waals surface area (Å²) in [6.45, 7) is 5.87. The maximum atomic E-state index is 13.2. The number of amides is 1. The Morgan fingerprint density at radius 2 is 1.75 bits per heavy atom. The van der Waals surface area contributed by atoms with E-state index < -0.39 is 5.41 Å². The third kappa shape index (κ3) is 5.15. The van der Waals surface area contributed by atoms with Crippen LogP contribution in [0.4, 0.5) is 0 Å². The van der Waals surface area contributed by atoms with Gasteiger partial charge in [0.2, 0.25) is 5.91 Å². The lowest BCUT2D eigenvalue weighted by atomic mass is 9.73. The van der Waals surface area contributed by atoms with E-state index >= 15 is 0 Å². The Bertz CT molecular complexity index is 765. The van der Waals surface area contributed by atoms with Crippen molar-refractivity contribution < 1.29 is 14.3 Å². The fraction of sp³-hybridized carbons (Fsp3) is 0.435. The molecule has 0 saturated carbocycles. The predicted molar refractivity (Wildman–Crippen MR) is 115 cm³/mol. The van der Waals surface area contributed by atoms with Gasteiger partial charge in [0.25, 0.3) is 0 Å². The number of benzene rings is 2. The Labute approximate surface area is 175 Å². The number of carbonyl (C=O) groups is 1. The monoisotopic (exact) mass is 445 g/mol. The molecule has 1 saturated heterocycles. The van der Waals surface area contributed by atoms with Crippen LogP contribution in [0.25, 0.3) is 0 Å². The maximum absolute atomic E-state index is 13.2. The van der Waals surface area contributed by atoms with Gasteiger partial charge in [-0.3, -0.25) is 4.79 Å². The lowest BCUT2D eigenvalue weighted by Gasteiger charge is -2.36. The molecule has 1 amide bonds. The van der Waals surface area contributed by atoms with E-state index in [1.165, 1.54) is 5.56 Å². The lowest BCUT2D eigenvalue weighted by Crippen LogP contribution is -2.48. The van der Waals surface area contributed by atoms with Crippen molar-refractivity contribution in [1.82, 2.24) is 5.32 Å². The molecule has 2 aromatic rings. The van der Waals surface area contributed by atoms with Crippen molar-refractivity contribution in [3.8, 4) is 5.75 Å². The smallest absolute Gasteiger partial charge is 0.230 e. The Kier molecular flexibility index (Phi) is 7.13. The molecule has 1 fully saturated rings. The zero-order valence-corrected chi connectivity index (χ0v) is 18.1. The van der Waals surface area contributed by atoms with Crippen LogP contribution in [-0.2, 0) is 21.4 Å². The van der Waals surface area contributed by atoms with E-state index in [0.29, 0.717) is 32.6 Å². The molecule has 5 heteroatoms. The fourth-order valence-electron chi connectivity index (χ4n) is 3.63. The zero-order valence-electron chi connectivity index (χ0n) is 16.5. The van der Waals surface area contributed by atoms with Crippen LogP contribution >= 0.6 is 15.9 Å². The minimum absolute atomic E-state index is 0.0953.